The van der Waals surface area contributed by atoms with Crippen molar-refractivity contribution in [2.75, 3.05) is 0 Å². The van der Waals surface area contributed by atoms with Gasteiger partial charge in [0.2, 0.25) is 0 Å². The third-order valence-electron chi connectivity index (χ3n) is 2.68. The molecule has 0 aliphatic heterocycles. The third kappa shape index (κ3) is 4.50. The van der Waals surface area contributed by atoms with Gasteiger partial charge in [-0.1, -0.05) is 43.9 Å². The van der Waals surface area contributed by atoms with Crippen molar-refractivity contribution >= 4 is 11.6 Å². The van der Waals surface area contributed by atoms with Crippen molar-refractivity contribution in [2.45, 2.75) is 45.1 Å². The van der Waals surface area contributed by atoms with Crippen LogP contribution in [0.4, 0.5) is 4.39 Å². The van der Waals surface area contributed by atoms with E-state index in [1.54, 1.807) is 12.1 Å². The van der Waals surface area contributed by atoms with Gasteiger partial charge in [0.05, 0.1) is 0 Å². The Bertz CT molecular complexity index is 328. The first-order valence-electron chi connectivity index (χ1n) is 5.83. The lowest BCUT2D eigenvalue weighted by Gasteiger charge is -2.12. The molecule has 0 aliphatic rings. The molecular weight excluding hydrogens is 225 g/mol. The average Bonchev–Trinajstić information content (AvgIpc) is 2.23. The smallest absolute Gasteiger partial charge is 0.127 e. The van der Waals surface area contributed by atoms with Gasteiger partial charge in [-0.25, -0.2) is 4.39 Å². The molecule has 0 aliphatic carbocycles. The molecule has 0 bridgehead atoms. The van der Waals surface area contributed by atoms with Crippen molar-refractivity contribution in [3.05, 3.63) is 34.6 Å². The summed E-state index contributed by atoms with van der Waals surface area (Å²) < 4.78 is 13.5. The molecule has 3 heteroatoms. The van der Waals surface area contributed by atoms with Crippen LogP contribution in [0.5, 0.6) is 0 Å². The van der Waals surface area contributed by atoms with Crippen LogP contribution in [0, 0.1) is 5.82 Å². The maximum atomic E-state index is 13.5. The molecule has 1 aromatic carbocycles. The van der Waals surface area contributed by atoms with Crippen LogP contribution in [0.3, 0.4) is 0 Å². The van der Waals surface area contributed by atoms with E-state index >= 15 is 0 Å². The van der Waals surface area contributed by atoms with Crippen LogP contribution in [0.15, 0.2) is 18.2 Å². The maximum Gasteiger partial charge on any atom is 0.127 e. The highest BCUT2D eigenvalue weighted by Gasteiger charge is 2.08. The molecular formula is C13H19ClFN. The van der Waals surface area contributed by atoms with E-state index in [-0.39, 0.29) is 11.9 Å². The van der Waals surface area contributed by atoms with Gasteiger partial charge in [0.25, 0.3) is 0 Å². The Labute approximate surface area is 102 Å². The molecule has 90 valence electrons. The molecule has 0 saturated carbocycles. The molecule has 0 aromatic heterocycles. The highest BCUT2D eigenvalue weighted by Crippen LogP contribution is 2.16. The van der Waals surface area contributed by atoms with Crippen molar-refractivity contribution in [1.29, 1.82) is 0 Å². The van der Waals surface area contributed by atoms with Crippen LogP contribution in [-0.4, -0.2) is 6.04 Å². The molecule has 0 fully saturated rings. The molecule has 0 radical (unpaired) electrons. The summed E-state index contributed by atoms with van der Waals surface area (Å²) in [5, 5.41) is 0.431. The molecule has 1 rings (SSSR count). The molecule has 1 unspecified atom stereocenters. The first kappa shape index (κ1) is 13.5. The zero-order valence-corrected chi connectivity index (χ0v) is 10.4. The number of nitrogens with two attached hydrogens (primary N) is 1. The minimum absolute atomic E-state index is 0.0437. The Morgan fingerprint density at radius 2 is 2.12 bits per heavy atom. The van der Waals surface area contributed by atoms with Crippen LogP contribution in [0.25, 0.3) is 0 Å². The molecule has 1 nitrogen and oxygen atoms in total. The highest BCUT2D eigenvalue weighted by atomic mass is 35.5. The first-order valence-corrected chi connectivity index (χ1v) is 6.20. The summed E-state index contributed by atoms with van der Waals surface area (Å²) in [4.78, 5) is 0. The van der Waals surface area contributed by atoms with E-state index in [0.29, 0.717) is 17.0 Å². The van der Waals surface area contributed by atoms with Gasteiger partial charge in [-0.3, -0.25) is 0 Å². The largest absolute Gasteiger partial charge is 0.327 e. The van der Waals surface area contributed by atoms with E-state index in [4.69, 9.17) is 17.3 Å². The van der Waals surface area contributed by atoms with Gasteiger partial charge in [0.15, 0.2) is 0 Å². The summed E-state index contributed by atoms with van der Waals surface area (Å²) >= 11 is 5.68. The molecule has 2 N–H and O–H groups in total. The second-order valence-electron chi connectivity index (χ2n) is 4.20. The van der Waals surface area contributed by atoms with Gasteiger partial charge in [0.1, 0.15) is 5.82 Å². The van der Waals surface area contributed by atoms with Gasteiger partial charge < -0.3 is 5.73 Å². The minimum Gasteiger partial charge on any atom is -0.327 e. The minimum atomic E-state index is -0.251. The zero-order chi connectivity index (χ0) is 12.0. The van der Waals surface area contributed by atoms with E-state index < -0.39 is 0 Å². The number of benzene rings is 1. The number of hydrogen-bond donors (Lipinski definition) is 1. The predicted octanol–water partition coefficient (Wildman–Crippen LogP) is 3.93. The molecule has 0 spiro atoms. The van der Waals surface area contributed by atoms with Crippen molar-refractivity contribution in [2.24, 2.45) is 5.73 Å². The summed E-state index contributed by atoms with van der Waals surface area (Å²) in [6.45, 7) is 2.16. The summed E-state index contributed by atoms with van der Waals surface area (Å²) in [6.07, 6.45) is 5.04. The van der Waals surface area contributed by atoms with Crippen molar-refractivity contribution in [3.63, 3.8) is 0 Å². The van der Waals surface area contributed by atoms with Crippen LogP contribution >= 0.6 is 11.6 Å². The monoisotopic (exact) mass is 243 g/mol. The van der Waals surface area contributed by atoms with Crippen molar-refractivity contribution in [1.82, 2.24) is 0 Å². The topological polar surface area (TPSA) is 26.0 Å². The SMILES string of the molecule is CCCCCC(N)Cc1ccc(Cl)cc1F. The molecule has 1 aromatic rings. The number of hydrogen-bond acceptors (Lipinski definition) is 1. The first-order chi connectivity index (χ1) is 7.63. The highest BCUT2D eigenvalue weighted by molar-refractivity contribution is 6.30. The Balaban J connectivity index is 2.46. The average molecular weight is 244 g/mol. The quantitative estimate of drug-likeness (QED) is 0.753. The van der Waals surface area contributed by atoms with Gasteiger partial charge in [-0.15, -0.1) is 0 Å². The van der Waals surface area contributed by atoms with Gasteiger partial charge in [0, 0.05) is 11.1 Å². The van der Waals surface area contributed by atoms with Crippen molar-refractivity contribution in [3.8, 4) is 0 Å². The standard InChI is InChI=1S/C13H19ClFN/c1-2-3-4-5-12(16)8-10-6-7-11(14)9-13(10)15/h6-7,9,12H,2-5,8,16H2,1H3. The predicted molar refractivity (Wildman–Crippen MR) is 67.2 cm³/mol. The van der Waals surface area contributed by atoms with E-state index in [1.807, 2.05) is 0 Å². The Hall–Kier alpha value is -0.600. The summed E-state index contributed by atoms with van der Waals surface area (Å²) in [5.74, 6) is -0.251. The number of rotatable bonds is 6. The summed E-state index contributed by atoms with van der Waals surface area (Å²) in [7, 11) is 0. The second kappa shape index (κ2) is 6.87. The fraction of sp³-hybridized carbons (Fsp3) is 0.538. The fourth-order valence-corrected chi connectivity index (χ4v) is 1.89. The lowest BCUT2D eigenvalue weighted by molar-refractivity contribution is 0.538. The van der Waals surface area contributed by atoms with Gasteiger partial charge >= 0.3 is 0 Å². The fourth-order valence-electron chi connectivity index (χ4n) is 1.73. The number of halogens is 2. The van der Waals surface area contributed by atoms with Crippen molar-refractivity contribution < 1.29 is 4.39 Å². The van der Waals surface area contributed by atoms with E-state index in [1.165, 1.54) is 18.9 Å². The molecule has 1 atom stereocenters. The maximum absolute atomic E-state index is 13.5. The summed E-state index contributed by atoms with van der Waals surface area (Å²) in [6, 6.07) is 4.81. The lowest BCUT2D eigenvalue weighted by Crippen LogP contribution is -2.23. The van der Waals surface area contributed by atoms with Crippen LogP contribution in [0.1, 0.15) is 38.2 Å². The molecule has 0 saturated heterocycles. The van der Waals surface area contributed by atoms with Gasteiger partial charge in [-0.2, -0.15) is 0 Å². The number of unbranched alkanes of at least 4 members (excludes halogenated alkanes) is 2. The zero-order valence-electron chi connectivity index (χ0n) is 9.68. The van der Waals surface area contributed by atoms with E-state index in [2.05, 4.69) is 6.92 Å². The van der Waals surface area contributed by atoms with Crippen LogP contribution in [0.2, 0.25) is 5.02 Å². The Morgan fingerprint density at radius 3 is 2.75 bits per heavy atom. The van der Waals surface area contributed by atoms with Crippen LogP contribution in [-0.2, 0) is 6.42 Å². The molecule has 0 heterocycles. The lowest BCUT2D eigenvalue weighted by atomic mass is 10.0. The molecule has 0 amide bonds. The van der Waals surface area contributed by atoms with Crippen LogP contribution < -0.4 is 5.73 Å². The van der Waals surface area contributed by atoms with E-state index in [9.17, 15) is 4.39 Å². The molecule has 16 heavy (non-hydrogen) atoms. The summed E-state index contributed by atoms with van der Waals surface area (Å²) in [5.41, 5.74) is 6.61. The Morgan fingerprint density at radius 1 is 1.38 bits per heavy atom. The van der Waals surface area contributed by atoms with E-state index in [0.717, 1.165) is 12.8 Å². The Kier molecular flexibility index (Phi) is 5.78. The third-order valence-corrected chi connectivity index (χ3v) is 2.91. The second-order valence-corrected chi connectivity index (χ2v) is 4.63. The van der Waals surface area contributed by atoms with Gasteiger partial charge in [-0.05, 0) is 30.5 Å². The normalized spacial score (nSPS) is 12.8.